The molecule has 0 bridgehead atoms. The molecule has 3 nitrogen and oxygen atoms in total. The molecule has 0 radical (unpaired) electrons. The molecule has 0 amide bonds. The summed E-state index contributed by atoms with van der Waals surface area (Å²) in [6, 6.07) is 14.3. The van der Waals surface area contributed by atoms with Crippen molar-refractivity contribution in [2.45, 2.75) is 6.73 Å². The first-order valence-corrected chi connectivity index (χ1v) is 5.05. The van der Waals surface area contributed by atoms with Crippen LogP contribution in [0.1, 0.15) is 0 Å². The third kappa shape index (κ3) is 2.45. The van der Waals surface area contributed by atoms with E-state index in [2.05, 4.69) is 12.1 Å². The molecule has 0 aliphatic heterocycles. The van der Waals surface area contributed by atoms with Gasteiger partial charge in [0.15, 0.2) is 18.8 Å². The number of pyridine rings is 1. The maximum atomic E-state index is 6.77. The van der Waals surface area contributed by atoms with Crippen molar-refractivity contribution in [1.82, 2.24) is 0 Å². The van der Waals surface area contributed by atoms with Crippen molar-refractivity contribution in [2.24, 2.45) is 0 Å². The second-order valence-electron chi connectivity index (χ2n) is 3.38. The van der Waals surface area contributed by atoms with Gasteiger partial charge in [-0.15, -0.1) is 0 Å². The van der Waals surface area contributed by atoms with E-state index in [9.17, 15) is 0 Å². The molecular weight excluding hydrogens is 200 g/mol. The van der Waals surface area contributed by atoms with Gasteiger partial charge in [0, 0.05) is 12.1 Å². The summed E-state index contributed by atoms with van der Waals surface area (Å²) in [6.45, 7) is 0.374. The van der Waals surface area contributed by atoms with Crippen LogP contribution >= 0.6 is 0 Å². The van der Waals surface area contributed by atoms with Gasteiger partial charge in [-0.25, -0.2) is 0 Å². The largest absolute Gasteiger partial charge is 0.426 e. The van der Waals surface area contributed by atoms with E-state index in [0.717, 1.165) is 6.40 Å². The third-order valence-corrected chi connectivity index (χ3v) is 2.31. The van der Waals surface area contributed by atoms with E-state index in [4.69, 9.17) is 10.1 Å². The number of ether oxygens (including phenoxy) is 1. The highest BCUT2D eigenvalue weighted by molar-refractivity contribution is 5.61. The van der Waals surface area contributed by atoms with Crippen LogP contribution in [-0.2, 0) is 11.5 Å². The van der Waals surface area contributed by atoms with Crippen LogP contribution in [0.2, 0.25) is 0 Å². The van der Waals surface area contributed by atoms with Crippen LogP contribution in [-0.4, -0.2) is 6.40 Å². The molecule has 1 aromatic carbocycles. The van der Waals surface area contributed by atoms with Crippen LogP contribution in [0.5, 0.6) is 0 Å². The van der Waals surface area contributed by atoms with E-state index in [1.54, 1.807) is 0 Å². The van der Waals surface area contributed by atoms with E-state index in [-0.39, 0.29) is 0 Å². The number of nitrogens with zero attached hydrogens (tertiary/aromatic N) is 1. The number of hydrogen-bond acceptors (Lipinski definition) is 2. The van der Waals surface area contributed by atoms with Gasteiger partial charge in [-0.1, -0.05) is 30.3 Å². The van der Waals surface area contributed by atoms with Gasteiger partial charge in [-0.3, -0.25) is 5.41 Å². The summed E-state index contributed by atoms with van der Waals surface area (Å²) in [5, 5.41) is 6.77. The fourth-order valence-corrected chi connectivity index (χ4v) is 1.49. The standard InChI is InChI=1S/C13H13N2O/c14-10-16-11-15-8-6-13(7-9-15)12-4-2-1-3-5-12/h1-10,14H,11H2/q+1. The molecule has 1 heterocycles. The van der Waals surface area contributed by atoms with Crippen molar-refractivity contribution in [2.75, 3.05) is 0 Å². The SMILES string of the molecule is N=COC[n+]1ccc(-c2ccccc2)cc1. The molecule has 2 aromatic rings. The predicted molar refractivity (Wildman–Crippen MR) is 61.9 cm³/mol. The molecule has 0 saturated carbocycles. The Morgan fingerprint density at radius 1 is 1.00 bits per heavy atom. The molecular formula is C13H13N2O+. The van der Waals surface area contributed by atoms with E-state index >= 15 is 0 Å². The van der Waals surface area contributed by atoms with Crippen molar-refractivity contribution in [3.8, 4) is 11.1 Å². The van der Waals surface area contributed by atoms with E-state index in [1.165, 1.54) is 11.1 Å². The van der Waals surface area contributed by atoms with Gasteiger partial charge in [-0.05, 0) is 11.1 Å². The van der Waals surface area contributed by atoms with Crippen LogP contribution in [0.25, 0.3) is 11.1 Å². The minimum atomic E-state index is 0.374. The van der Waals surface area contributed by atoms with Crippen molar-refractivity contribution in [3.05, 3.63) is 54.9 Å². The second kappa shape index (κ2) is 5.07. The van der Waals surface area contributed by atoms with Crippen LogP contribution in [0.4, 0.5) is 0 Å². The highest BCUT2D eigenvalue weighted by Crippen LogP contribution is 2.16. The Labute approximate surface area is 94.4 Å². The molecule has 0 saturated heterocycles. The number of aromatic nitrogens is 1. The maximum absolute atomic E-state index is 6.77. The lowest BCUT2D eigenvalue weighted by Gasteiger charge is -2.00. The zero-order chi connectivity index (χ0) is 11.2. The first kappa shape index (κ1) is 10.4. The number of hydrogen-bond donors (Lipinski definition) is 1. The second-order valence-corrected chi connectivity index (χ2v) is 3.38. The number of rotatable bonds is 4. The Morgan fingerprint density at radius 3 is 2.25 bits per heavy atom. The quantitative estimate of drug-likeness (QED) is 0.472. The lowest BCUT2D eigenvalue weighted by Crippen LogP contribution is -2.33. The van der Waals surface area contributed by atoms with Crippen LogP contribution in [0, 0.1) is 5.41 Å². The van der Waals surface area contributed by atoms with Crippen LogP contribution in [0.15, 0.2) is 54.9 Å². The van der Waals surface area contributed by atoms with Crippen molar-refractivity contribution in [1.29, 1.82) is 5.41 Å². The van der Waals surface area contributed by atoms with Gasteiger partial charge in [0.1, 0.15) is 0 Å². The predicted octanol–water partition coefficient (Wildman–Crippen LogP) is 2.22. The highest BCUT2D eigenvalue weighted by atomic mass is 16.5. The van der Waals surface area contributed by atoms with E-state index in [1.807, 2.05) is 47.3 Å². The molecule has 80 valence electrons. The van der Waals surface area contributed by atoms with E-state index in [0.29, 0.717) is 6.73 Å². The van der Waals surface area contributed by atoms with Crippen LogP contribution < -0.4 is 4.57 Å². The Hall–Kier alpha value is -2.16. The first-order valence-electron chi connectivity index (χ1n) is 5.05. The fourth-order valence-electron chi connectivity index (χ4n) is 1.49. The maximum Gasteiger partial charge on any atom is 0.293 e. The molecule has 0 atom stereocenters. The lowest BCUT2D eigenvalue weighted by molar-refractivity contribution is -0.726. The molecule has 0 spiro atoms. The molecule has 2 rings (SSSR count). The molecule has 1 aromatic heterocycles. The summed E-state index contributed by atoms with van der Waals surface area (Å²) in [7, 11) is 0. The molecule has 16 heavy (non-hydrogen) atoms. The molecule has 0 unspecified atom stereocenters. The highest BCUT2D eigenvalue weighted by Gasteiger charge is 2.01. The Kier molecular flexibility index (Phi) is 3.28. The van der Waals surface area contributed by atoms with Crippen molar-refractivity contribution < 1.29 is 9.30 Å². The van der Waals surface area contributed by atoms with Gasteiger partial charge in [-0.2, -0.15) is 4.57 Å². The monoisotopic (exact) mass is 213 g/mol. The average molecular weight is 213 g/mol. The Bertz CT molecular complexity index is 451. The van der Waals surface area contributed by atoms with E-state index < -0.39 is 0 Å². The van der Waals surface area contributed by atoms with Gasteiger partial charge in [0.25, 0.3) is 6.73 Å². The fraction of sp³-hybridized carbons (Fsp3) is 0.0769. The zero-order valence-corrected chi connectivity index (χ0v) is 8.84. The summed E-state index contributed by atoms with van der Waals surface area (Å²) < 4.78 is 6.74. The average Bonchev–Trinajstić information content (AvgIpc) is 2.38. The smallest absolute Gasteiger partial charge is 0.293 e. The Morgan fingerprint density at radius 2 is 1.62 bits per heavy atom. The molecule has 3 heteroatoms. The minimum absolute atomic E-state index is 0.374. The minimum Gasteiger partial charge on any atom is -0.426 e. The zero-order valence-electron chi connectivity index (χ0n) is 8.84. The summed E-state index contributed by atoms with van der Waals surface area (Å²) in [6.07, 6.45) is 4.82. The molecule has 0 aliphatic rings. The lowest BCUT2D eigenvalue weighted by atomic mass is 10.1. The van der Waals surface area contributed by atoms with Gasteiger partial charge in [0.2, 0.25) is 0 Å². The third-order valence-electron chi connectivity index (χ3n) is 2.31. The van der Waals surface area contributed by atoms with Gasteiger partial charge < -0.3 is 4.74 Å². The van der Waals surface area contributed by atoms with Crippen molar-refractivity contribution in [3.63, 3.8) is 0 Å². The first-order chi connectivity index (χ1) is 7.90. The van der Waals surface area contributed by atoms with Crippen LogP contribution in [0.3, 0.4) is 0 Å². The Balaban J connectivity index is 2.16. The molecule has 1 N–H and O–H groups in total. The number of benzene rings is 1. The van der Waals surface area contributed by atoms with Gasteiger partial charge in [0.05, 0.1) is 0 Å². The van der Waals surface area contributed by atoms with Gasteiger partial charge >= 0.3 is 0 Å². The number of nitrogens with one attached hydrogen (secondary N) is 1. The summed E-state index contributed by atoms with van der Waals surface area (Å²) in [4.78, 5) is 0. The van der Waals surface area contributed by atoms with Crippen molar-refractivity contribution >= 4 is 6.40 Å². The molecule has 0 aliphatic carbocycles. The topological polar surface area (TPSA) is 37.0 Å². The normalized spacial score (nSPS) is 9.75. The summed E-state index contributed by atoms with van der Waals surface area (Å²) >= 11 is 0. The molecule has 0 fully saturated rings. The summed E-state index contributed by atoms with van der Waals surface area (Å²) in [5.74, 6) is 0. The summed E-state index contributed by atoms with van der Waals surface area (Å²) in [5.41, 5.74) is 2.37.